The Morgan fingerprint density at radius 3 is 2.35 bits per heavy atom. The maximum Gasteiger partial charge on any atom is 0.419 e. The van der Waals surface area contributed by atoms with Crippen LogP contribution in [0.2, 0.25) is 10.0 Å². The van der Waals surface area contributed by atoms with Crippen LogP contribution in [0.25, 0.3) is 0 Å². The van der Waals surface area contributed by atoms with Crippen LogP contribution < -0.4 is 0 Å². The SMILES string of the molecule is CN(Cc1ccc(C(F)(F)F)c(F)c1)[C@@H]1CN(C(=O)c2ccc(C#N)cc2)C[C@@H]1c1ccc(Cl)c(Cl)c1. The molecule has 37 heavy (non-hydrogen) atoms. The minimum Gasteiger partial charge on any atom is -0.336 e. The molecule has 192 valence electrons. The maximum absolute atomic E-state index is 14.2. The van der Waals surface area contributed by atoms with Crippen molar-refractivity contribution in [2.45, 2.75) is 24.7 Å². The number of nitriles is 1. The van der Waals surface area contributed by atoms with Crippen LogP contribution in [0.4, 0.5) is 17.6 Å². The molecule has 4 nitrogen and oxygen atoms in total. The van der Waals surface area contributed by atoms with Gasteiger partial charge < -0.3 is 4.90 Å². The highest BCUT2D eigenvalue weighted by Crippen LogP contribution is 2.36. The number of carbonyl (C=O) groups is 1. The van der Waals surface area contributed by atoms with Crippen molar-refractivity contribution in [1.29, 1.82) is 5.26 Å². The first kappa shape index (κ1) is 26.9. The van der Waals surface area contributed by atoms with E-state index in [1.54, 1.807) is 48.3 Å². The van der Waals surface area contributed by atoms with Crippen molar-refractivity contribution in [3.05, 3.63) is 104 Å². The minimum atomic E-state index is -4.77. The van der Waals surface area contributed by atoms with Gasteiger partial charge in [-0.2, -0.15) is 18.4 Å². The zero-order chi connectivity index (χ0) is 26.9. The van der Waals surface area contributed by atoms with Gasteiger partial charge in [0.1, 0.15) is 5.82 Å². The molecule has 1 aliphatic rings. The van der Waals surface area contributed by atoms with Gasteiger partial charge in [-0.15, -0.1) is 0 Å². The third-order valence-electron chi connectivity index (χ3n) is 6.55. The fourth-order valence-corrected chi connectivity index (χ4v) is 4.94. The lowest BCUT2D eigenvalue weighted by Crippen LogP contribution is -2.38. The van der Waals surface area contributed by atoms with Crippen molar-refractivity contribution in [2.24, 2.45) is 0 Å². The first-order valence-corrected chi connectivity index (χ1v) is 12.0. The fraction of sp³-hybridized carbons (Fsp3) is 0.259. The van der Waals surface area contributed by atoms with E-state index in [2.05, 4.69) is 0 Å². The molecule has 1 fully saturated rings. The second-order valence-corrected chi connectivity index (χ2v) is 9.79. The van der Waals surface area contributed by atoms with Crippen LogP contribution in [0.5, 0.6) is 0 Å². The Kier molecular flexibility index (Phi) is 7.79. The van der Waals surface area contributed by atoms with Gasteiger partial charge >= 0.3 is 6.18 Å². The first-order valence-electron chi connectivity index (χ1n) is 11.3. The number of likely N-dealkylation sites (tertiary alicyclic amines) is 1. The molecular weight excluding hydrogens is 529 g/mol. The van der Waals surface area contributed by atoms with Crippen LogP contribution in [0.15, 0.2) is 60.7 Å². The second kappa shape index (κ2) is 10.7. The average molecular weight is 550 g/mol. The minimum absolute atomic E-state index is 0.163. The topological polar surface area (TPSA) is 47.3 Å². The molecule has 10 heteroatoms. The lowest BCUT2D eigenvalue weighted by molar-refractivity contribution is -0.140. The third-order valence-corrected chi connectivity index (χ3v) is 7.29. The molecule has 1 saturated heterocycles. The Morgan fingerprint density at radius 1 is 1.05 bits per heavy atom. The monoisotopic (exact) mass is 549 g/mol. The predicted molar refractivity (Wildman–Crippen MR) is 133 cm³/mol. The van der Waals surface area contributed by atoms with Crippen LogP contribution in [0.3, 0.4) is 0 Å². The summed E-state index contributed by atoms with van der Waals surface area (Å²) in [4.78, 5) is 16.8. The van der Waals surface area contributed by atoms with E-state index in [-0.39, 0.29) is 24.4 Å². The zero-order valence-electron chi connectivity index (χ0n) is 19.6. The van der Waals surface area contributed by atoms with Gasteiger partial charge in [-0.05, 0) is 66.7 Å². The molecule has 4 rings (SSSR count). The Bertz CT molecular complexity index is 1360. The summed E-state index contributed by atoms with van der Waals surface area (Å²) in [6.07, 6.45) is -4.77. The number of rotatable bonds is 5. The summed E-state index contributed by atoms with van der Waals surface area (Å²) in [7, 11) is 1.78. The summed E-state index contributed by atoms with van der Waals surface area (Å²) in [5, 5.41) is 9.77. The number of benzene rings is 3. The number of alkyl halides is 3. The fourth-order valence-electron chi connectivity index (χ4n) is 4.63. The molecule has 0 radical (unpaired) electrons. The molecule has 1 heterocycles. The van der Waals surface area contributed by atoms with Gasteiger partial charge in [-0.3, -0.25) is 9.69 Å². The molecule has 0 saturated carbocycles. The number of likely N-dealkylation sites (N-methyl/N-ethyl adjacent to an activating group) is 1. The number of carbonyl (C=O) groups excluding carboxylic acids is 1. The van der Waals surface area contributed by atoms with Crippen LogP contribution in [0.1, 0.15) is 38.5 Å². The third kappa shape index (κ3) is 5.90. The summed E-state index contributed by atoms with van der Waals surface area (Å²) in [5.74, 6) is -1.74. The molecule has 0 N–H and O–H groups in total. The van der Waals surface area contributed by atoms with Crippen molar-refractivity contribution in [3.63, 3.8) is 0 Å². The van der Waals surface area contributed by atoms with Gasteiger partial charge in [0.15, 0.2) is 0 Å². The summed E-state index contributed by atoms with van der Waals surface area (Å²) in [6.45, 7) is 0.840. The highest BCUT2D eigenvalue weighted by atomic mass is 35.5. The predicted octanol–water partition coefficient (Wildman–Crippen LogP) is 6.76. The van der Waals surface area contributed by atoms with Crippen molar-refractivity contribution in [3.8, 4) is 6.07 Å². The van der Waals surface area contributed by atoms with Crippen molar-refractivity contribution in [2.75, 3.05) is 20.1 Å². The van der Waals surface area contributed by atoms with Gasteiger partial charge in [-0.1, -0.05) is 35.3 Å². The van der Waals surface area contributed by atoms with Gasteiger partial charge in [0.25, 0.3) is 5.91 Å². The van der Waals surface area contributed by atoms with Crippen molar-refractivity contribution < 1.29 is 22.4 Å². The molecular formula is C27H21Cl2F4N3O. The maximum atomic E-state index is 14.2. The van der Waals surface area contributed by atoms with E-state index in [4.69, 9.17) is 28.5 Å². The number of hydrogen-bond donors (Lipinski definition) is 0. The first-order chi connectivity index (χ1) is 17.5. The van der Waals surface area contributed by atoms with Gasteiger partial charge in [0.2, 0.25) is 0 Å². The van der Waals surface area contributed by atoms with E-state index in [1.807, 2.05) is 17.0 Å². The largest absolute Gasteiger partial charge is 0.419 e. The lowest BCUT2D eigenvalue weighted by atomic mass is 9.93. The Labute approximate surface area is 221 Å². The van der Waals surface area contributed by atoms with E-state index >= 15 is 0 Å². The molecule has 0 aliphatic carbocycles. The summed E-state index contributed by atoms with van der Waals surface area (Å²) in [6, 6.07) is 16.2. The van der Waals surface area contributed by atoms with E-state index in [9.17, 15) is 22.4 Å². The van der Waals surface area contributed by atoms with Crippen LogP contribution in [-0.4, -0.2) is 41.9 Å². The molecule has 0 bridgehead atoms. The van der Waals surface area contributed by atoms with E-state index in [1.165, 1.54) is 6.07 Å². The van der Waals surface area contributed by atoms with E-state index in [0.717, 1.165) is 17.7 Å². The molecule has 1 aliphatic heterocycles. The van der Waals surface area contributed by atoms with Crippen molar-refractivity contribution in [1.82, 2.24) is 9.80 Å². The van der Waals surface area contributed by atoms with Crippen LogP contribution in [0, 0.1) is 17.1 Å². The number of hydrogen-bond acceptors (Lipinski definition) is 3. The van der Waals surface area contributed by atoms with Gasteiger partial charge in [0.05, 0.1) is 27.2 Å². The summed E-state index contributed by atoms with van der Waals surface area (Å²) in [5.41, 5.74) is 0.776. The van der Waals surface area contributed by atoms with Crippen molar-refractivity contribution >= 4 is 29.1 Å². The van der Waals surface area contributed by atoms with Gasteiger partial charge in [0, 0.05) is 37.2 Å². The van der Waals surface area contributed by atoms with E-state index < -0.39 is 17.6 Å². The molecule has 0 spiro atoms. The quantitative estimate of drug-likeness (QED) is 0.330. The Morgan fingerprint density at radius 2 is 1.76 bits per heavy atom. The number of amides is 1. The Balaban J connectivity index is 1.61. The lowest BCUT2D eigenvalue weighted by Gasteiger charge is -2.29. The van der Waals surface area contributed by atoms with Gasteiger partial charge in [-0.25, -0.2) is 4.39 Å². The van der Waals surface area contributed by atoms with Crippen LogP contribution >= 0.6 is 23.2 Å². The Hall–Kier alpha value is -3.12. The molecule has 3 aromatic rings. The van der Waals surface area contributed by atoms with Crippen LogP contribution in [-0.2, 0) is 12.7 Å². The smallest absolute Gasteiger partial charge is 0.336 e. The molecule has 0 unspecified atom stereocenters. The molecule has 2 atom stereocenters. The number of nitrogens with zero attached hydrogens (tertiary/aromatic N) is 3. The second-order valence-electron chi connectivity index (χ2n) is 8.97. The normalized spacial score (nSPS) is 17.8. The average Bonchev–Trinajstić information content (AvgIpc) is 3.30. The van der Waals surface area contributed by atoms with E-state index in [0.29, 0.717) is 39.8 Å². The zero-order valence-corrected chi connectivity index (χ0v) is 21.1. The number of halogens is 6. The molecule has 0 aromatic heterocycles. The highest BCUT2D eigenvalue weighted by Gasteiger charge is 2.39. The molecule has 3 aromatic carbocycles. The standard InChI is InChI=1S/C27H21Cl2F4N3O/c1-35(13-17-4-8-21(24(30)10-17)27(31,32)33)25-15-36(26(37)18-5-2-16(12-34)3-6-18)14-20(25)19-7-9-22(28)23(29)11-19/h2-11,20,25H,13-15H2,1H3/t20-,25-/m1/s1. The summed E-state index contributed by atoms with van der Waals surface area (Å²) >= 11 is 12.3. The molecule has 1 amide bonds. The highest BCUT2D eigenvalue weighted by molar-refractivity contribution is 6.42. The summed E-state index contributed by atoms with van der Waals surface area (Å²) < 4.78 is 53.1.